The van der Waals surface area contributed by atoms with Crippen molar-refractivity contribution in [2.45, 2.75) is 25.9 Å². The highest BCUT2D eigenvalue weighted by molar-refractivity contribution is 6.30. The predicted octanol–water partition coefficient (Wildman–Crippen LogP) is 6.79. The molecule has 2 atom stereocenters. The summed E-state index contributed by atoms with van der Waals surface area (Å²) in [4.78, 5) is 23.1. The van der Waals surface area contributed by atoms with E-state index in [-0.39, 0.29) is 12.1 Å². The van der Waals surface area contributed by atoms with E-state index < -0.39 is 6.04 Å². The molecule has 2 heterocycles. The summed E-state index contributed by atoms with van der Waals surface area (Å²) in [6.45, 7) is 6.84. The summed E-state index contributed by atoms with van der Waals surface area (Å²) in [6, 6.07) is 19.9. The summed E-state index contributed by atoms with van der Waals surface area (Å²) in [5, 5.41) is 1.26. The normalized spacial score (nSPS) is 19.1. The third kappa shape index (κ3) is 5.86. The second-order valence-corrected chi connectivity index (χ2v) is 10.1. The minimum Gasteiger partial charge on any atom is -0.494 e. The van der Waals surface area contributed by atoms with Crippen LogP contribution in [-0.2, 0) is 4.74 Å². The summed E-state index contributed by atoms with van der Waals surface area (Å²) in [5.41, 5.74) is 2.58. The highest BCUT2D eigenvalue weighted by Gasteiger charge is 2.44. The zero-order valence-corrected chi connectivity index (χ0v) is 23.5. The van der Waals surface area contributed by atoms with Crippen LogP contribution >= 0.6 is 23.2 Å². The number of morpholine rings is 1. The van der Waals surface area contributed by atoms with E-state index in [2.05, 4.69) is 0 Å². The molecule has 7 nitrogen and oxygen atoms in total. The number of rotatable bonds is 7. The number of urea groups is 1. The maximum absolute atomic E-state index is 14.3. The van der Waals surface area contributed by atoms with Crippen molar-refractivity contribution in [3.05, 3.63) is 93.5 Å². The van der Waals surface area contributed by atoms with Crippen LogP contribution in [-0.4, -0.2) is 61.2 Å². The quantitative estimate of drug-likeness (QED) is 0.315. The van der Waals surface area contributed by atoms with Crippen molar-refractivity contribution in [3.8, 4) is 11.5 Å². The molecule has 2 amide bonds. The number of amidine groups is 1. The van der Waals surface area contributed by atoms with Crippen LogP contribution in [0.2, 0.25) is 10.0 Å². The van der Waals surface area contributed by atoms with Crippen molar-refractivity contribution in [2.24, 2.45) is 4.99 Å². The number of hydrogen-bond donors (Lipinski definition) is 0. The largest absolute Gasteiger partial charge is 0.494 e. The van der Waals surface area contributed by atoms with Gasteiger partial charge in [-0.3, -0.25) is 9.89 Å². The van der Waals surface area contributed by atoms with Gasteiger partial charge in [0.25, 0.3) is 0 Å². The maximum Gasteiger partial charge on any atom is 0.326 e. The fourth-order valence-corrected chi connectivity index (χ4v) is 5.23. The fourth-order valence-electron chi connectivity index (χ4n) is 4.98. The molecule has 0 aromatic heterocycles. The average molecular weight is 569 g/mol. The van der Waals surface area contributed by atoms with Crippen molar-refractivity contribution in [3.63, 3.8) is 0 Å². The number of ether oxygens (including phenoxy) is 3. The first-order valence-electron chi connectivity index (χ1n) is 13.1. The highest BCUT2D eigenvalue weighted by Crippen LogP contribution is 2.45. The molecule has 0 unspecified atom stereocenters. The Morgan fingerprint density at radius 2 is 1.51 bits per heavy atom. The van der Waals surface area contributed by atoms with Crippen molar-refractivity contribution in [1.29, 1.82) is 0 Å². The monoisotopic (exact) mass is 567 g/mol. The molecule has 0 N–H and O–H groups in total. The Labute approximate surface area is 238 Å². The molecular weight excluding hydrogens is 537 g/mol. The third-order valence-electron chi connectivity index (χ3n) is 6.78. The number of carbonyl (C=O) groups is 1. The number of nitrogens with zero attached hydrogens (tertiary/aromatic N) is 3. The Morgan fingerprint density at radius 3 is 2.13 bits per heavy atom. The zero-order valence-electron chi connectivity index (χ0n) is 22.0. The molecule has 0 radical (unpaired) electrons. The molecule has 0 bridgehead atoms. The van der Waals surface area contributed by atoms with Gasteiger partial charge in [-0.05, 0) is 61.4 Å². The lowest BCUT2D eigenvalue weighted by atomic mass is 9.93. The standard InChI is InChI=1S/C30H31Cl2N3O4/c1-3-38-24-13-14-25(26(19-24)39-4-2)29-33-27(20-5-9-22(31)10-6-20)28(21-7-11-23(32)12-8-21)35(29)30(36)34-15-17-37-18-16-34/h5-14,19,27-28H,3-4,15-18H2,1-2H3/t27-,28+/m1/s1. The lowest BCUT2D eigenvalue weighted by molar-refractivity contribution is 0.0459. The van der Waals surface area contributed by atoms with Crippen LogP contribution in [0.3, 0.4) is 0 Å². The van der Waals surface area contributed by atoms with Crippen molar-refractivity contribution in [1.82, 2.24) is 9.80 Å². The van der Waals surface area contributed by atoms with Crippen LogP contribution in [0.25, 0.3) is 0 Å². The Kier molecular flexibility index (Phi) is 8.60. The van der Waals surface area contributed by atoms with Gasteiger partial charge in [-0.2, -0.15) is 0 Å². The zero-order chi connectivity index (χ0) is 27.4. The summed E-state index contributed by atoms with van der Waals surface area (Å²) < 4.78 is 17.3. The summed E-state index contributed by atoms with van der Waals surface area (Å²) in [5.74, 6) is 1.84. The van der Waals surface area contributed by atoms with E-state index in [9.17, 15) is 4.79 Å². The Hall–Kier alpha value is -3.26. The van der Waals surface area contributed by atoms with E-state index in [0.29, 0.717) is 66.9 Å². The molecule has 3 aromatic rings. The van der Waals surface area contributed by atoms with Crippen molar-refractivity contribution < 1.29 is 19.0 Å². The van der Waals surface area contributed by atoms with E-state index in [4.69, 9.17) is 42.4 Å². The summed E-state index contributed by atoms with van der Waals surface area (Å²) in [6.07, 6.45) is 0. The fraction of sp³-hybridized carbons (Fsp3) is 0.333. The van der Waals surface area contributed by atoms with Crippen molar-refractivity contribution in [2.75, 3.05) is 39.5 Å². The number of aliphatic imine (C=N–C) groups is 1. The number of benzene rings is 3. The molecule has 2 aliphatic heterocycles. The van der Waals surface area contributed by atoms with Crippen LogP contribution in [0.5, 0.6) is 11.5 Å². The van der Waals surface area contributed by atoms with Gasteiger partial charge in [0.1, 0.15) is 23.4 Å². The number of carbonyl (C=O) groups excluding carboxylic acids is 1. The van der Waals surface area contributed by atoms with Crippen LogP contribution in [0.15, 0.2) is 71.7 Å². The SMILES string of the molecule is CCOc1ccc(C2=N[C@H](c3ccc(Cl)cc3)[C@H](c3ccc(Cl)cc3)N2C(=O)N2CCOCC2)c(OCC)c1. The molecular formula is C30H31Cl2N3O4. The summed E-state index contributed by atoms with van der Waals surface area (Å²) >= 11 is 12.5. The van der Waals surface area contributed by atoms with Crippen LogP contribution < -0.4 is 9.47 Å². The molecule has 1 saturated heterocycles. The first-order chi connectivity index (χ1) is 19.0. The maximum atomic E-state index is 14.3. The average Bonchev–Trinajstić information content (AvgIpc) is 3.35. The molecule has 2 aliphatic rings. The first kappa shape index (κ1) is 27.3. The van der Waals surface area contributed by atoms with Gasteiger partial charge >= 0.3 is 6.03 Å². The van der Waals surface area contributed by atoms with E-state index >= 15 is 0 Å². The molecule has 9 heteroatoms. The lowest BCUT2D eigenvalue weighted by Crippen LogP contribution is -2.50. The van der Waals surface area contributed by atoms with Gasteiger partial charge in [0.05, 0.1) is 38.0 Å². The van der Waals surface area contributed by atoms with E-state index in [0.717, 1.165) is 16.7 Å². The van der Waals surface area contributed by atoms with Crippen LogP contribution in [0, 0.1) is 0 Å². The van der Waals surface area contributed by atoms with Crippen molar-refractivity contribution >= 4 is 35.1 Å². The van der Waals surface area contributed by atoms with E-state index in [1.54, 1.807) is 4.90 Å². The summed E-state index contributed by atoms with van der Waals surface area (Å²) in [7, 11) is 0. The molecule has 204 valence electrons. The Balaban J connectivity index is 1.69. The molecule has 3 aromatic carbocycles. The van der Waals surface area contributed by atoms with Crippen LogP contribution in [0.1, 0.15) is 42.6 Å². The van der Waals surface area contributed by atoms with Gasteiger partial charge in [0.2, 0.25) is 0 Å². The van der Waals surface area contributed by atoms with E-state index in [1.807, 2.05) is 85.5 Å². The number of amides is 2. The lowest BCUT2D eigenvalue weighted by Gasteiger charge is -2.36. The number of halogens is 2. The van der Waals surface area contributed by atoms with Crippen LogP contribution in [0.4, 0.5) is 4.79 Å². The molecule has 5 rings (SSSR count). The predicted molar refractivity (Wildman–Crippen MR) is 153 cm³/mol. The number of hydrogen-bond acceptors (Lipinski definition) is 5. The highest BCUT2D eigenvalue weighted by atomic mass is 35.5. The Bertz CT molecular complexity index is 1330. The molecule has 0 spiro atoms. The van der Waals surface area contributed by atoms with E-state index in [1.165, 1.54) is 0 Å². The van der Waals surface area contributed by atoms with Gasteiger partial charge in [0.15, 0.2) is 0 Å². The van der Waals surface area contributed by atoms with Gasteiger partial charge in [-0.1, -0.05) is 47.5 Å². The molecule has 0 saturated carbocycles. The second-order valence-electron chi connectivity index (χ2n) is 9.22. The third-order valence-corrected chi connectivity index (χ3v) is 7.29. The topological polar surface area (TPSA) is 63.6 Å². The minimum atomic E-state index is -0.421. The molecule has 0 aliphatic carbocycles. The van der Waals surface area contributed by atoms with Gasteiger partial charge in [0, 0.05) is 29.2 Å². The van der Waals surface area contributed by atoms with Gasteiger partial charge < -0.3 is 19.1 Å². The second kappa shape index (κ2) is 12.3. The van der Waals surface area contributed by atoms with Gasteiger partial charge in [-0.25, -0.2) is 4.79 Å². The molecule has 1 fully saturated rings. The van der Waals surface area contributed by atoms with Gasteiger partial charge in [-0.15, -0.1) is 0 Å². The molecule has 39 heavy (non-hydrogen) atoms. The smallest absolute Gasteiger partial charge is 0.326 e. The first-order valence-corrected chi connectivity index (χ1v) is 13.9. The Morgan fingerprint density at radius 1 is 0.897 bits per heavy atom. The minimum absolute atomic E-state index is 0.134.